The molecule has 0 radical (unpaired) electrons. The van der Waals surface area contributed by atoms with Crippen molar-refractivity contribution in [3.63, 3.8) is 0 Å². The molecule has 4 rings (SSSR count). The first-order valence-corrected chi connectivity index (χ1v) is 9.38. The molecule has 3 heterocycles. The lowest BCUT2D eigenvalue weighted by Crippen LogP contribution is -2.30. The van der Waals surface area contributed by atoms with E-state index in [1.54, 1.807) is 0 Å². The van der Waals surface area contributed by atoms with E-state index in [2.05, 4.69) is 57.4 Å². The standard InChI is InChI=1S/C21H27N5/c1-24-9-10-26(16-18-12-23-25(2)14-18)15-17(13-24)11-20-6-3-5-19-7-4-8-22-21(19)20/h3-8,12,14,17H,9-11,13,15-16H2,1-2H3. The van der Waals surface area contributed by atoms with Crippen molar-refractivity contribution >= 4 is 10.9 Å². The lowest BCUT2D eigenvalue weighted by atomic mass is 9.96. The summed E-state index contributed by atoms with van der Waals surface area (Å²) in [5.74, 6) is 0.603. The van der Waals surface area contributed by atoms with Gasteiger partial charge < -0.3 is 4.90 Å². The molecule has 0 bridgehead atoms. The summed E-state index contributed by atoms with van der Waals surface area (Å²) in [6.07, 6.45) is 7.08. The monoisotopic (exact) mass is 349 g/mol. The van der Waals surface area contributed by atoms with Gasteiger partial charge in [-0.05, 0) is 31.0 Å². The Hall–Kier alpha value is -2.24. The lowest BCUT2D eigenvalue weighted by Gasteiger charge is -2.24. The first kappa shape index (κ1) is 17.2. The van der Waals surface area contributed by atoms with E-state index in [9.17, 15) is 0 Å². The van der Waals surface area contributed by atoms with Crippen molar-refractivity contribution in [2.24, 2.45) is 13.0 Å². The van der Waals surface area contributed by atoms with Gasteiger partial charge in [-0.1, -0.05) is 24.3 Å². The van der Waals surface area contributed by atoms with E-state index in [1.165, 1.54) is 16.5 Å². The van der Waals surface area contributed by atoms with Crippen LogP contribution in [-0.2, 0) is 20.0 Å². The molecule has 1 aliphatic rings. The summed E-state index contributed by atoms with van der Waals surface area (Å²) in [6.45, 7) is 5.45. The number of likely N-dealkylation sites (N-methyl/N-ethyl adjacent to an activating group) is 1. The Kier molecular flexibility index (Phi) is 5.00. The highest BCUT2D eigenvalue weighted by atomic mass is 15.3. The van der Waals surface area contributed by atoms with Gasteiger partial charge in [0, 0.05) is 63.1 Å². The van der Waals surface area contributed by atoms with Crippen LogP contribution in [0, 0.1) is 5.92 Å². The quantitative estimate of drug-likeness (QED) is 0.725. The average molecular weight is 349 g/mol. The third-order valence-corrected chi connectivity index (χ3v) is 5.27. The lowest BCUT2D eigenvalue weighted by molar-refractivity contribution is 0.249. The molecule has 2 aromatic heterocycles. The zero-order valence-electron chi connectivity index (χ0n) is 15.7. The largest absolute Gasteiger partial charge is 0.305 e. The van der Waals surface area contributed by atoms with Crippen molar-refractivity contribution in [2.45, 2.75) is 13.0 Å². The highest BCUT2D eigenvalue weighted by Gasteiger charge is 2.22. The third-order valence-electron chi connectivity index (χ3n) is 5.27. The van der Waals surface area contributed by atoms with E-state index in [-0.39, 0.29) is 0 Å². The highest BCUT2D eigenvalue weighted by molar-refractivity contribution is 5.81. The van der Waals surface area contributed by atoms with Gasteiger partial charge in [0.05, 0.1) is 11.7 Å². The summed E-state index contributed by atoms with van der Waals surface area (Å²) in [5, 5.41) is 5.55. The fourth-order valence-corrected chi connectivity index (χ4v) is 4.09. The predicted octanol–water partition coefficient (Wildman–Crippen LogP) is 2.57. The normalized spacial score (nSPS) is 19.7. The summed E-state index contributed by atoms with van der Waals surface area (Å²) in [4.78, 5) is 9.68. The smallest absolute Gasteiger partial charge is 0.0734 e. The second kappa shape index (κ2) is 7.56. The minimum Gasteiger partial charge on any atom is -0.305 e. The van der Waals surface area contributed by atoms with Crippen LogP contribution in [-0.4, -0.2) is 57.8 Å². The van der Waals surface area contributed by atoms with E-state index >= 15 is 0 Å². The molecule has 3 aromatic rings. The van der Waals surface area contributed by atoms with Crippen molar-refractivity contribution in [2.75, 3.05) is 33.2 Å². The molecule has 1 aliphatic heterocycles. The molecular weight excluding hydrogens is 322 g/mol. The Labute approximate surface area is 155 Å². The van der Waals surface area contributed by atoms with Crippen LogP contribution in [0.5, 0.6) is 0 Å². The maximum Gasteiger partial charge on any atom is 0.0734 e. The number of benzene rings is 1. The number of aromatic nitrogens is 3. The number of fused-ring (bicyclic) bond motifs is 1. The van der Waals surface area contributed by atoms with Crippen molar-refractivity contribution in [1.82, 2.24) is 24.6 Å². The van der Waals surface area contributed by atoms with E-state index < -0.39 is 0 Å². The van der Waals surface area contributed by atoms with Crippen molar-refractivity contribution in [3.05, 3.63) is 60.0 Å². The van der Waals surface area contributed by atoms with Crippen LogP contribution in [0.4, 0.5) is 0 Å². The molecular formula is C21H27N5. The molecule has 0 amide bonds. The number of para-hydroxylation sites is 1. The summed E-state index contributed by atoms with van der Waals surface area (Å²) in [6, 6.07) is 10.7. The molecule has 5 nitrogen and oxygen atoms in total. The number of hydrogen-bond donors (Lipinski definition) is 0. The predicted molar refractivity (Wildman–Crippen MR) is 105 cm³/mol. The third kappa shape index (κ3) is 3.94. The second-order valence-electron chi connectivity index (χ2n) is 7.58. The molecule has 0 spiro atoms. The number of hydrogen-bond acceptors (Lipinski definition) is 4. The van der Waals surface area contributed by atoms with Crippen LogP contribution in [0.15, 0.2) is 48.9 Å². The Morgan fingerprint density at radius 3 is 2.81 bits per heavy atom. The van der Waals surface area contributed by atoms with Gasteiger partial charge in [0.1, 0.15) is 0 Å². The summed E-state index contributed by atoms with van der Waals surface area (Å²) < 4.78 is 1.89. The van der Waals surface area contributed by atoms with Gasteiger partial charge in [0.15, 0.2) is 0 Å². The Bertz CT molecular complexity index is 866. The maximum absolute atomic E-state index is 4.64. The first-order chi connectivity index (χ1) is 12.7. The Balaban J connectivity index is 1.52. The first-order valence-electron chi connectivity index (χ1n) is 9.38. The molecule has 1 aromatic carbocycles. The van der Waals surface area contributed by atoms with Gasteiger partial charge in [0.2, 0.25) is 0 Å². The molecule has 0 N–H and O–H groups in total. The molecule has 26 heavy (non-hydrogen) atoms. The zero-order valence-corrected chi connectivity index (χ0v) is 15.7. The second-order valence-corrected chi connectivity index (χ2v) is 7.58. The summed E-state index contributed by atoms with van der Waals surface area (Å²) in [5.41, 5.74) is 3.81. The molecule has 1 atom stereocenters. The van der Waals surface area contributed by atoms with E-state index in [0.717, 1.165) is 44.7 Å². The molecule has 1 fully saturated rings. The van der Waals surface area contributed by atoms with Gasteiger partial charge in [-0.3, -0.25) is 14.6 Å². The number of pyridine rings is 1. The molecule has 1 unspecified atom stereocenters. The summed E-state index contributed by atoms with van der Waals surface area (Å²) >= 11 is 0. The molecule has 1 saturated heterocycles. The maximum atomic E-state index is 4.64. The van der Waals surface area contributed by atoms with Gasteiger partial charge in [-0.25, -0.2) is 0 Å². The molecule has 0 saturated carbocycles. The average Bonchev–Trinajstić information content (AvgIpc) is 2.96. The summed E-state index contributed by atoms with van der Waals surface area (Å²) in [7, 11) is 4.22. The van der Waals surface area contributed by atoms with Crippen LogP contribution in [0.1, 0.15) is 11.1 Å². The topological polar surface area (TPSA) is 37.2 Å². The van der Waals surface area contributed by atoms with Crippen LogP contribution in [0.3, 0.4) is 0 Å². The Morgan fingerprint density at radius 1 is 1.08 bits per heavy atom. The van der Waals surface area contributed by atoms with Crippen LogP contribution in [0.25, 0.3) is 10.9 Å². The van der Waals surface area contributed by atoms with Gasteiger partial charge in [-0.2, -0.15) is 5.10 Å². The molecule has 136 valence electrons. The number of aryl methyl sites for hydroxylation is 1. The van der Waals surface area contributed by atoms with Gasteiger partial charge in [-0.15, -0.1) is 0 Å². The van der Waals surface area contributed by atoms with Gasteiger partial charge in [0.25, 0.3) is 0 Å². The SMILES string of the molecule is CN1CCN(Cc2cnn(C)c2)CC(Cc2cccc3cccnc23)C1. The minimum absolute atomic E-state index is 0.603. The number of nitrogens with zero attached hydrogens (tertiary/aromatic N) is 5. The Morgan fingerprint density at radius 2 is 1.96 bits per heavy atom. The molecule has 5 heteroatoms. The van der Waals surface area contributed by atoms with Gasteiger partial charge >= 0.3 is 0 Å². The molecule has 0 aliphatic carbocycles. The highest BCUT2D eigenvalue weighted by Crippen LogP contribution is 2.22. The van der Waals surface area contributed by atoms with E-state index in [1.807, 2.05) is 30.2 Å². The zero-order chi connectivity index (χ0) is 17.9. The van der Waals surface area contributed by atoms with E-state index in [0.29, 0.717) is 5.92 Å². The van der Waals surface area contributed by atoms with Crippen molar-refractivity contribution < 1.29 is 0 Å². The minimum atomic E-state index is 0.603. The number of rotatable bonds is 4. The van der Waals surface area contributed by atoms with Crippen LogP contribution < -0.4 is 0 Å². The van der Waals surface area contributed by atoms with Crippen molar-refractivity contribution in [1.29, 1.82) is 0 Å². The van der Waals surface area contributed by atoms with Crippen molar-refractivity contribution in [3.8, 4) is 0 Å². The fourth-order valence-electron chi connectivity index (χ4n) is 4.09. The van der Waals surface area contributed by atoms with Crippen LogP contribution in [0.2, 0.25) is 0 Å². The fraction of sp³-hybridized carbons (Fsp3) is 0.429. The van der Waals surface area contributed by atoms with E-state index in [4.69, 9.17) is 0 Å². The van der Waals surface area contributed by atoms with Crippen LogP contribution >= 0.6 is 0 Å².